The van der Waals surface area contributed by atoms with Crippen LogP contribution in [0, 0.1) is 46.3 Å². The van der Waals surface area contributed by atoms with E-state index in [4.69, 9.17) is 0 Å². The van der Waals surface area contributed by atoms with Crippen LogP contribution >= 0.6 is 0 Å². The summed E-state index contributed by atoms with van der Waals surface area (Å²) in [5.41, 5.74) is 2.63. The normalized spacial score (nSPS) is 48.6. The molecule has 1 heteroatoms. The van der Waals surface area contributed by atoms with Crippen LogP contribution in [-0.2, 0) is 0 Å². The van der Waals surface area contributed by atoms with Gasteiger partial charge < -0.3 is 5.11 Å². The van der Waals surface area contributed by atoms with Crippen molar-refractivity contribution >= 4 is 0 Å². The van der Waals surface area contributed by atoms with Gasteiger partial charge in [-0.1, -0.05) is 70.9 Å². The molecule has 5 aliphatic carbocycles. The molecule has 0 saturated heterocycles. The first kappa shape index (κ1) is 20.6. The average molecular weight is 399 g/mol. The van der Waals surface area contributed by atoms with E-state index < -0.39 is 0 Å². The van der Waals surface area contributed by atoms with Crippen LogP contribution in [0.1, 0.15) is 111 Å². The quantitative estimate of drug-likeness (QED) is 0.485. The predicted molar refractivity (Wildman–Crippen MR) is 122 cm³/mol. The van der Waals surface area contributed by atoms with Gasteiger partial charge in [0.15, 0.2) is 0 Å². The summed E-state index contributed by atoms with van der Waals surface area (Å²) >= 11 is 0. The molecule has 4 fully saturated rings. The molecule has 164 valence electrons. The molecule has 1 N–H and O–H groups in total. The Hall–Kier alpha value is -0.300. The zero-order chi connectivity index (χ0) is 20.2. The molecule has 8 unspecified atom stereocenters. The van der Waals surface area contributed by atoms with Gasteiger partial charge in [0.1, 0.15) is 0 Å². The summed E-state index contributed by atoms with van der Waals surface area (Å²) in [5.74, 6) is 5.73. The maximum atomic E-state index is 10.2. The summed E-state index contributed by atoms with van der Waals surface area (Å²) in [6, 6.07) is 0. The fourth-order valence-corrected chi connectivity index (χ4v) is 9.62. The van der Waals surface area contributed by atoms with E-state index >= 15 is 0 Å². The number of hydrogen-bond donors (Lipinski definition) is 1. The molecular formula is C28H46O. The van der Waals surface area contributed by atoms with Gasteiger partial charge in [-0.15, -0.1) is 0 Å². The standard InChI is InChI=1S/C28H46O/c1-19(8-9-20-6-4-5-7-20)24-12-13-25-23-11-10-21-18-22(29)14-16-27(21,2)26(23)15-17-28(24,25)3/h10,19-20,22-26,29H,4-9,11-18H2,1-3H3. The molecule has 0 aromatic carbocycles. The van der Waals surface area contributed by atoms with E-state index in [9.17, 15) is 5.11 Å². The van der Waals surface area contributed by atoms with Gasteiger partial charge in [0.2, 0.25) is 0 Å². The second-order valence-corrected chi connectivity index (χ2v) is 12.6. The van der Waals surface area contributed by atoms with Crippen molar-refractivity contribution in [1.29, 1.82) is 0 Å². The molecule has 8 atom stereocenters. The SMILES string of the molecule is CC(CCC1CCCC1)C1CCC2C3CC=C4CC(O)CCC4(C)C3CCC12C. The second-order valence-electron chi connectivity index (χ2n) is 12.6. The molecule has 0 heterocycles. The van der Waals surface area contributed by atoms with E-state index in [-0.39, 0.29) is 6.10 Å². The van der Waals surface area contributed by atoms with Crippen LogP contribution in [0.25, 0.3) is 0 Å². The third-order valence-corrected chi connectivity index (χ3v) is 11.3. The molecule has 0 bridgehead atoms. The molecule has 0 radical (unpaired) electrons. The number of hydrogen-bond acceptors (Lipinski definition) is 1. The highest BCUT2D eigenvalue weighted by Gasteiger charge is 2.59. The van der Waals surface area contributed by atoms with Crippen LogP contribution < -0.4 is 0 Å². The van der Waals surface area contributed by atoms with E-state index in [1.54, 1.807) is 5.57 Å². The Bertz CT molecular complexity index is 630. The summed E-state index contributed by atoms with van der Waals surface area (Å²) in [7, 11) is 0. The summed E-state index contributed by atoms with van der Waals surface area (Å²) in [6.45, 7) is 7.90. The van der Waals surface area contributed by atoms with Crippen LogP contribution in [0.4, 0.5) is 0 Å². The van der Waals surface area contributed by atoms with Gasteiger partial charge in [0.25, 0.3) is 0 Å². The van der Waals surface area contributed by atoms with Crippen LogP contribution in [0.3, 0.4) is 0 Å². The smallest absolute Gasteiger partial charge is 0.0577 e. The highest BCUT2D eigenvalue weighted by molar-refractivity contribution is 5.25. The number of aliphatic hydroxyl groups is 1. The fraction of sp³-hybridized carbons (Fsp3) is 0.929. The molecule has 29 heavy (non-hydrogen) atoms. The Kier molecular flexibility index (Phi) is 5.46. The van der Waals surface area contributed by atoms with Crippen molar-refractivity contribution in [2.75, 3.05) is 0 Å². The Balaban J connectivity index is 1.30. The highest BCUT2D eigenvalue weighted by Crippen LogP contribution is 2.67. The van der Waals surface area contributed by atoms with E-state index in [0.717, 1.165) is 48.3 Å². The molecule has 0 amide bonds. The van der Waals surface area contributed by atoms with Gasteiger partial charge in [0.05, 0.1) is 6.10 Å². The topological polar surface area (TPSA) is 20.2 Å². The first-order valence-corrected chi connectivity index (χ1v) is 13.3. The van der Waals surface area contributed by atoms with Crippen LogP contribution in [0.5, 0.6) is 0 Å². The van der Waals surface area contributed by atoms with Gasteiger partial charge in [-0.25, -0.2) is 0 Å². The molecule has 0 spiro atoms. The van der Waals surface area contributed by atoms with Crippen LogP contribution in [0.15, 0.2) is 11.6 Å². The maximum absolute atomic E-state index is 10.2. The Labute approximate surface area is 180 Å². The van der Waals surface area contributed by atoms with Gasteiger partial charge in [-0.3, -0.25) is 0 Å². The van der Waals surface area contributed by atoms with Crippen molar-refractivity contribution in [3.05, 3.63) is 11.6 Å². The van der Waals surface area contributed by atoms with Gasteiger partial charge in [-0.2, -0.15) is 0 Å². The van der Waals surface area contributed by atoms with E-state index in [0.29, 0.717) is 10.8 Å². The molecule has 5 aliphatic rings. The van der Waals surface area contributed by atoms with Crippen molar-refractivity contribution in [3.8, 4) is 0 Å². The zero-order valence-corrected chi connectivity index (χ0v) is 19.5. The Morgan fingerprint density at radius 1 is 1.00 bits per heavy atom. The lowest BCUT2D eigenvalue weighted by atomic mass is 9.47. The Morgan fingerprint density at radius 2 is 1.79 bits per heavy atom. The lowest BCUT2D eigenvalue weighted by Crippen LogP contribution is -2.50. The maximum Gasteiger partial charge on any atom is 0.0577 e. The first-order valence-electron chi connectivity index (χ1n) is 13.3. The summed E-state index contributed by atoms with van der Waals surface area (Å²) in [4.78, 5) is 0. The molecule has 0 aromatic heterocycles. The minimum atomic E-state index is -0.0729. The van der Waals surface area contributed by atoms with Gasteiger partial charge >= 0.3 is 0 Å². The lowest BCUT2D eigenvalue weighted by molar-refractivity contribution is -0.0574. The van der Waals surface area contributed by atoms with E-state index in [2.05, 4.69) is 26.8 Å². The minimum absolute atomic E-state index is 0.0729. The van der Waals surface area contributed by atoms with E-state index in [1.165, 1.54) is 77.0 Å². The number of rotatable bonds is 4. The average Bonchev–Trinajstić information content (AvgIpc) is 3.34. The molecule has 5 rings (SSSR count). The summed E-state index contributed by atoms with van der Waals surface area (Å²) in [5, 5.41) is 10.2. The first-order chi connectivity index (χ1) is 13.9. The molecule has 1 nitrogen and oxygen atoms in total. The number of allylic oxidation sites excluding steroid dienone is 1. The third kappa shape index (κ3) is 3.37. The van der Waals surface area contributed by atoms with Crippen LogP contribution in [-0.4, -0.2) is 11.2 Å². The molecule has 0 aromatic rings. The van der Waals surface area contributed by atoms with Crippen LogP contribution in [0.2, 0.25) is 0 Å². The molecule has 0 aliphatic heterocycles. The van der Waals surface area contributed by atoms with Gasteiger partial charge in [-0.05, 0) is 97.7 Å². The molecule has 4 saturated carbocycles. The second kappa shape index (κ2) is 7.68. The third-order valence-electron chi connectivity index (χ3n) is 11.3. The van der Waals surface area contributed by atoms with Crippen molar-refractivity contribution in [2.45, 2.75) is 117 Å². The lowest BCUT2D eigenvalue weighted by Gasteiger charge is -2.58. The predicted octanol–water partition coefficient (Wildman–Crippen LogP) is 7.53. The summed E-state index contributed by atoms with van der Waals surface area (Å²) in [6.07, 6.45) is 22.0. The Morgan fingerprint density at radius 3 is 2.59 bits per heavy atom. The molecular weight excluding hydrogens is 352 g/mol. The number of fused-ring (bicyclic) bond motifs is 5. The van der Waals surface area contributed by atoms with Crippen molar-refractivity contribution in [1.82, 2.24) is 0 Å². The van der Waals surface area contributed by atoms with Crippen molar-refractivity contribution in [3.63, 3.8) is 0 Å². The van der Waals surface area contributed by atoms with E-state index in [1.807, 2.05) is 0 Å². The monoisotopic (exact) mass is 398 g/mol. The largest absolute Gasteiger partial charge is 0.393 e. The number of aliphatic hydroxyl groups excluding tert-OH is 1. The van der Waals surface area contributed by atoms with Crippen molar-refractivity contribution < 1.29 is 5.11 Å². The summed E-state index contributed by atoms with van der Waals surface area (Å²) < 4.78 is 0. The van der Waals surface area contributed by atoms with Crippen molar-refractivity contribution in [2.24, 2.45) is 46.3 Å². The minimum Gasteiger partial charge on any atom is -0.393 e. The zero-order valence-electron chi connectivity index (χ0n) is 19.5. The fourth-order valence-electron chi connectivity index (χ4n) is 9.62. The highest BCUT2D eigenvalue weighted by atomic mass is 16.3. The van der Waals surface area contributed by atoms with Gasteiger partial charge in [0, 0.05) is 0 Å².